The molecule has 0 aromatic carbocycles. The highest BCUT2D eigenvalue weighted by molar-refractivity contribution is 5.08. The topological polar surface area (TPSA) is 26.0 Å². The van der Waals surface area contributed by atoms with Crippen LogP contribution in [0.1, 0.15) is 40.0 Å². The highest BCUT2D eigenvalue weighted by Crippen LogP contribution is 2.65. The fourth-order valence-corrected chi connectivity index (χ4v) is 3.99. The Morgan fingerprint density at radius 1 is 1.33 bits per heavy atom. The monoisotopic (exact) mass is 167 g/mol. The fraction of sp³-hybridized carbons (Fsp3) is 1.00. The molecule has 12 heavy (non-hydrogen) atoms. The smallest absolute Gasteiger partial charge is 0.00384 e. The van der Waals surface area contributed by atoms with E-state index in [9.17, 15) is 0 Å². The summed E-state index contributed by atoms with van der Waals surface area (Å²) in [4.78, 5) is 0. The molecule has 0 spiro atoms. The number of fused-ring (bicyclic) bond motifs is 2. The predicted octanol–water partition coefficient (Wildman–Crippen LogP) is 2.41. The minimum Gasteiger partial charge on any atom is -0.330 e. The molecule has 0 unspecified atom stereocenters. The zero-order valence-electron chi connectivity index (χ0n) is 8.56. The number of rotatable bonds is 1. The van der Waals surface area contributed by atoms with E-state index in [1.165, 1.54) is 19.3 Å². The Morgan fingerprint density at radius 3 is 2.33 bits per heavy atom. The van der Waals surface area contributed by atoms with E-state index < -0.39 is 0 Å². The van der Waals surface area contributed by atoms with Crippen LogP contribution in [-0.4, -0.2) is 6.54 Å². The maximum absolute atomic E-state index is 5.88. The second kappa shape index (κ2) is 2.25. The third kappa shape index (κ3) is 0.834. The van der Waals surface area contributed by atoms with Gasteiger partial charge in [-0.2, -0.15) is 0 Å². The molecule has 0 amide bonds. The van der Waals surface area contributed by atoms with Gasteiger partial charge in [-0.25, -0.2) is 0 Å². The quantitative estimate of drug-likeness (QED) is 0.637. The molecule has 0 aromatic rings. The number of nitrogens with two attached hydrogens (primary N) is 1. The molecule has 2 rings (SSSR count). The van der Waals surface area contributed by atoms with Crippen molar-refractivity contribution in [3.05, 3.63) is 0 Å². The summed E-state index contributed by atoms with van der Waals surface area (Å²) in [6.45, 7) is 8.17. The minimum atomic E-state index is 0.516. The maximum atomic E-state index is 5.88. The molecule has 2 bridgehead atoms. The summed E-state index contributed by atoms with van der Waals surface area (Å²) in [6.07, 6.45) is 4.30. The van der Waals surface area contributed by atoms with E-state index in [0.717, 1.165) is 18.4 Å². The van der Waals surface area contributed by atoms with Gasteiger partial charge in [-0.15, -0.1) is 0 Å². The van der Waals surface area contributed by atoms with Crippen LogP contribution in [0.4, 0.5) is 0 Å². The molecule has 0 aromatic heterocycles. The molecular weight excluding hydrogens is 146 g/mol. The predicted molar refractivity (Wildman–Crippen MR) is 51.8 cm³/mol. The maximum Gasteiger partial charge on any atom is -0.00384 e. The Balaban J connectivity index is 2.31. The second-order valence-electron chi connectivity index (χ2n) is 5.70. The van der Waals surface area contributed by atoms with Gasteiger partial charge >= 0.3 is 0 Å². The van der Waals surface area contributed by atoms with Gasteiger partial charge < -0.3 is 5.73 Å². The summed E-state index contributed by atoms with van der Waals surface area (Å²) in [5, 5.41) is 0. The van der Waals surface area contributed by atoms with Crippen molar-refractivity contribution in [1.29, 1.82) is 0 Å². The molecule has 2 saturated carbocycles. The van der Waals surface area contributed by atoms with E-state index >= 15 is 0 Å². The van der Waals surface area contributed by atoms with Gasteiger partial charge in [0.1, 0.15) is 0 Å². The summed E-state index contributed by atoms with van der Waals surface area (Å²) >= 11 is 0. The number of hydrogen-bond acceptors (Lipinski definition) is 1. The molecule has 2 N–H and O–H groups in total. The molecule has 70 valence electrons. The second-order valence-corrected chi connectivity index (χ2v) is 5.70. The van der Waals surface area contributed by atoms with Crippen molar-refractivity contribution in [2.75, 3.05) is 6.54 Å². The van der Waals surface area contributed by atoms with Crippen LogP contribution in [0.2, 0.25) is 0 Å². The Morgan fingerprint density at radius 2 is 2.00 bits per heavy atom. The Labute approximate surface area is 75.7 Å². The van der Waals surface area contributed by atoms with Crippen molar-refractivity contribution < 1.29 is 0 Å². The van der Waals surface area contributed by atoms with Crippen molar-refractivity contribution in [2.24, 2.45) is 28.4 Å². The highest BCUT2D eigenvalue weighted by Gasteiger charge is 2.58. The van der Waals surface area contributed by atoms with Crippen LogP contribution < -0.4 is 5.73 Å². The molecule has 0 heterocycles. The van der Waals surface area contributed by atoms with Gasteiger partial charge in [0, 0.05) is 0 Å². The van der Waals surface area contributed by atoms with Crippen LogP contribution in [0.15, 0.2) is 0 Å². The van der Waals surface area contributed by atoms with Gasteiger partial charge in [0.05, 0.1) is 0 Å². The van der Waals surface area contributed by atoms with Gasteiger partial charge in [-0.05, 0) is 48.5 Å². The molecule has 1 nitrogen and oxygen atoms in total. The first-order valence-corrected chi connectivity index (χ1v) is 5.21. The summed E-state index contributed by atoms with van der Waals surface area (Å²) < 4.78 is 0. The van der Waals surface area contributed by atoms with Gasteiger partial charge in [0.25, 0.3) is 0 Å². The zero-order chi connectivity index (χ0) is 8.98. The normalized spacial score (nSPS) is 50.0. The van der Waals surface area contributed by atoms with E-state index in [0.29, 0.717) is 10.8 Å². The first kappa shape index (κ1) is 8.55. The largest absolute Gasteiger partial charge is 0.330 e. The third-order valence-electron chi connectivity index (χ3n) is 4.80. The lowest BCUT2D eigenvalue weighted by Crippen LogP contribution is -2.39. The molecule has 2 aliphatic rings. The Bertz CT molecular complexity index is 192. The molecule has 2 fully saturated rings. The lowest BCUT2D eigenvalue weighted by atomic mass is 9.64. The van der Waals surface area contributed by atoms with E-state index in [-0.39, 0.29) is 0 Å². The summed E-state index contributed by atoms with van der Waals surface area (Å²) in [6, 6.07) is 0. The molecule has 2 aliphatic carbocycles. The summed E-state index contributed by atoms with van der Waals surface area (Å²) in [7, 11) is 0. The Hall–Kier alpha value is -0.0400. The first-order chi connectivity index (χ1) is 5.50. The van der Waals surface area contributed by atoms with E-state index in [1.807, 2.05) is 0 Å². The average molecular weight is 167 g/mol. The van der Waals surface area contributed by atoms with Crippen molar-refractivity contribution in [3.8, 4) is 0 Å². The summed E-state index contributed by atoms with van der Waals surface area (Å²) in [5.74, 6) is 1.72. The molecule has 0 saturated heterocycles. The Kier molecular flexibility index (Phi) is 1.61. The highest BCUT2D eigenvalue weighted by atomic mass is 14.7. The van der Waals surface area contributed by atoms with Crippen LogP contribution in [0.25, 0.3) is 0 Å². The lowest BCUT2D eigenvalue weighted by molar-refractivity contribution is 0.0817. The minimum absolute atomic E-state index is 0.516. The van der Waals surface area contributed by atoms with E-state index in [4.69, 9.17) is 5.73 Å². The fourth-order valence-electron chi connectivity index (χ4n) is 3.99. The van der Waals surface area contributed by atoms with Gasteiger partial charge in [0.2, 0.25) is 0 Å². The zero-order valence-corrected chi connectivity index (χ0v) is 8.56. The lowest BCUT2D eigenvalue weighted by Gasteiger charge is -2.42. The van der Waals surface area contributed by atoms with Crippen molar-refractivity contribution in [3.63, 3.8) is 0 Å². The van der Waals surface area contributed by atoms with Gasteiger partial charge in [0.15, 0.2) is 0 Å². The SMILES string of the molecule is CC1(C)[C@@H]2CC[C@](C)(C2)[C@@H]1CN. The van der Waals surface area contributed by atoms with E-state index in [2.05, 4.69) is 20.8 Å². The third-order valence-corrected chi connectivity index (χ3v) is 4.80. The molecule has 1 heteroatoms. The summed E-state index contributed by atoms with van der Waals surface area (Å²) in [5.41, 5.74) is 6.98. The van der Waals surface area contributed by atoms with Crippen LogP contribution in [-0.2, 0) is 0 Å². The van der Waals surface area contributed by atoms with Crippen molar-refractivity contribution >= 4 is 0 Å². The number of hydrogen-bond donors (Lipinski definition) is 1. The van der Waals surface area contributed by atoms with Crippen LogP contribution in [0.3, 0.4) is 0 Å². The van der Waals surface area contributed by atoms with Crippen molar-refractivity contribution in [2.45, 2.75) is 40.0 Å². The van der Waals surface area contributed by atoms with Crippen LogP contribution in [0.5, 0.6) is 0 Å². The molecule has 3 atom stereocenters. The first-order valence-electron chi connectivity index (χ1n) is 5.21. The van der Waals surface area contributed by atoms with Crippen LogP contribution in [0, 0.1) is 22.7 Å². The standard InChI is InChI=1S/C11H21N/c1-10(2)8-4-5-11(3,6-8)9(10)7-12/h8-9H,4-7,12H2,1-3H3/t8-,9-,11-/m1/s1. The van der Waals surface area contributed by atoms with Crippen LogP contribution >= 0.6 is 0 Å². The average Bonchev–Trinajstić information content (AvgIpc) is 2.39. The molecular formula is C11H21N. The van der Waals surface area contributed by atoms with Gasteiger partial charge in [-0.1, -0.05) is 20.8 Å². The van der Waals surface area contributed by atoms with Crippen molar-refractivity contribution in [1.82, 2.24) is 0 Å². The molecule has 0 aliphatic heterocycles. The van der Waals surface area contributed by atoms with Gasteiger partial charge in [-0.3, -0.25) is 0 Å². The van der Waals surface area contributed by atoms with E-state index in [1.54, 1.807) is 0 Å². The molecule has 0 radical (unpaired) electrons.